The van der Waals surface area contributed by atoms with Gasteiger partial charge in [0.25, 0.3) is 5.91 Å². The van der Waals surface area contributed by atoms with Crippen molar-refractivity contribution in [2.75, 3.05) is 32.1 Å². The molecule has 0 aliphatic carbocycles. The van der Waals surface area contributed by atoms with E-state index in [0.29, 0.717) is 36.9 Å². The first-order valence-electron chi connectivity index (χ1n) is 13.5. The number of benzene rings is 3. The van der Waals surface area contributed by atoms with Gasteiger partial charge >= 0.3 is 6.03 Å². The second-order valence-electron chi connectivity index (χ2n) is 9.43. The molecule has 4 rings (SSSR count). The number of thiazole rings is 1. The summed E-state index contributed by atoms with van der Waals surface area (Å²) in [6, 6.07) is 27.7. The summed E-state index contributed by atoms with van der Waals surface area (Å²) in [5, 5.41) is 5.52. The van der Waals surface area contributed by atoms with Gasteiger partial charge in [0.2, 0.25) is 0 Å². The Morgan fingerprint density at radius 1 is 0.850 bits per heavy atom. The zero-order valence-electron chi connectivity index (χ0n) is 23.1. The van der Waals surface area contributed by atoms with Crippen LogP contribution in [-0.4, -0.2) is 53.5 Å². The Morgan fingerprint density at radius 3 is 2.23 bits per heavy atom. The van der Waals surface area contributed by atoms with E-state index in [9.17, 15) is 9.59 Å². The highest BCUT2D eigenvalue weighted by Crippen LogP contribution is 2.19. The molecule has 0 fully saturated rings. The van der Waals surface area contributed by atoms with Crippen LogP contribution in [0.5, 0.6) is 0 Å². The molecule has 0 unspecified atom stereocenters. The Kier molecular flexibility index (Phi) is 10.8. The van der Waals surface area contributed by atoms with Crippen molar-refractivity contribution in [3.8, 4) is 0 Å². The largest absolute Gasteiger partial charge is 0.383 e. The van der Waals surface area contributed by atoms with Crippen LogP contribution in [0.4, 0.5) is 10.5 Å². The monoisotopic (exact) mass is 556 g/mol. The topological polar surface area (TPSA) is 74.8 Å². The number of hydrogen-bond donors (Lipinski definition) is 1. The Hall–Kier alpha value is -4.01. The number of carbonyl (C=O) groups is 2. The van der Waals surface area contributed by atoms with E-state index in [0.717, 1.165) is 29.7 Å². The fraction of sp³-hybridized carbons (Fsp3) is 0.281. The number of carbonyl (C=O) groups excluding carboxylic acids is 2. The lowest BCUT2D eigenvalue weighted by atomic mass is 10.1. The number of nitrogens with one attached hydrogen (secondary N) is 1. The highest BCUT2D eigenvalue weighted by molar-refractivity contribution is 7.09. The maximum absolute atomic E-state index is 13.6. The summed E-state index contributed by atoms with van der Waals surface area (Å²) in [5.74, 6) is -0.118. The molecule has 208 valence electrons. The molecule has 0 aliphatic heterocycles. The molecule has 0 aliphatic rings. The predicted molar refractivity (Wildman–Crippen MR) is 161 cm³/mol. The van der Waals surface area contributed by atoms with E-state index >= 15 is 0 Å². The average molecular weight is 557 g/mol. The first-order valence-corrected chi connectivity index (χ1v) is 14.4. The molecular formula is C32H36N4O3S. The van der Waals surface area contributed by atoms with E-state index in [1.54, 1.807) is 17.4 Å². The van der Waals surface area contributed by atoms with Crippen molar-refractivity contribution in [3.05, 3.63) is 118 Å². The lowest BCUT2D eigenvalue weighted by Crippen LogP contribution is -2.37. The SMILES string of the molecule is CCc1ccccc1NC(=O)N(CCOC)Cc1nc(C(=O)N(CCc2ccccc2)Cc2ccccc2)cs1. The number of nitrogens with zero attached hydrogens (tertiary/aromatic N) is 3. The minimum atomic E-state index is -0.227. The van der Waals surface area contributed by atoms with E-state index < -0.39 is 0 Å². The van der Waals surface area contributed by atoms with E-state index in [1.165, 1.54) is 16.9 Å². The van der Waals surface area contributed by atoms with Crippen LogP contribution in [-0.2, 0) is 30.7 Å². The zero-order chi connectivity index (χ0) is 28.2. The number of hydrogen-bond acceptors (Lipinski definition) is 5. The van der Waals surface area contributed by atoms with Gasteiger partial charge < -0.3 is 19.9 Å². The van der Waals surface area contributed by atoms with Crippen molar-refractivity contribution in [1.82, 2.24) is 14.8 Å². The summed E-state index contributed by atoms with van der Waals surface area (Å²) in [6.45, 7) is 4.20. The normalized spacial score (nSPS) is 10.8. The minimum Gasteiger partial charge on any atom is -0.383 e. The molecule has 0 saturated heterocycles. The Morgan fingerprint density at radius 2 is 1.52 bits per heavy atom. The van der Waals surface area contributed by atoms with Gasteiger partial charge in [0.1, 0.15) is 10.7 Å². The molecule has 0 radical (unpaired) electrons. The van der Waals surface area contributed by atoms with Gasteiger partial charge in [0, 0.05) is 37.8 Å². The number of amides is 3. The summed E-state index contributed by atoms with van der Waals surface area (Å²) >= 11 is 1.39. The molecule has 1 aromatic heterocycles. The quantitative estimate of drug-likeness (QED) is 0.211. The highest BCUT2D eigenvalue weighted by atomic mass is 32.1. The van der Waals surface area contributed by atoms with E-state index in [2.05, 4.69) is 29.4 Å². The maximum Gasteiger partial charge on any atom is 0.322 e. The number of aryl methyl sites for hydroxylation is 1. The van der Waals surface area contributed by atoms with Gasteiger partial charge in [0.05, 0.1) is 13.2 Å². The maximum atomic E-state index is 13.6. The van der Waals surface area contributed by atoms with Crippen LogP contribution in [0, 0.1) is 0 Å². The summed E-state index contributed by atoms with van der Waals surface area (Å²) in [7, 11) is 1.61. The molecule has 1 heterocycles. The molecule has 0 bridgehead atoms. The standard InChI is InChI=1S/C32H36N4O3S/c1-3-27-16-10-11-17-28(27)34-32(38)36(20-21-39-2)23-30-33-29(24-40-30)31(37)35(22-26-14-8-5-9-15-26)19-18-25-12-6-4-7-13-25/h4-17,24H,3,18-23H2,1-2H3,(H,34,38). The van der Waals surface area contributed by atoms with Crippen LogP contribution in [0.15, 0.2) is 90.3 Å². The second-order valence-corrected chi connectivity index (χ2v) is 10.4. The Balaban J connectivity index is 1.47. The number of urea groups is 1. The predicted octanol–water partition coefficient (Wildman–Crippen LogP) is 6.27. The van der Waals surface area contributed by atoms with Crippen LogP contribution < -0.4 is 5.32 Å². The zero-order valence-corrected chi connectivity index (χ0v) is 23.9. The van der Waals surface area contributed by atoms with Crippen LogP contribution >= 0.6 is 11.3 Å². The summed E-state index contributed by atoms with van der Waals surface area (Å²) in [5.41, 5.74) is 4.50. The Bertz CT molecular complexity index is 1360. The van der Waals surface area contributed by atoms with Gasteiger partial charge in [-0.05, 0) is 35.6 Å². The highest BCUT2D eigenvalue weighted by Gasteiger charge is 2.22. The molecule has 7 nitrogen and oxygen atoms in total. The van der Waals surface area contributed by atoms with Gasteiger partial charge in [-0.2, -0.15) is 0 Å². The molecule has 4 aromatic rings. The van der Waals surface area contributed by atoms with Crippen molar-refractivity contribution in [3.63, 3.8) is 0 Å². The van der Waals surface area contributed by atoms with Gasteiger partial charge in [-0.15, -0.1) is 11.3 Å². The minimum absolute atomic E-state index is 0.118. The van der Waals surface area contributed by atoms with Gasteiger partial charge in [-0.3, -0.25) is 4.79 Å². The molecule has 3 amide bonds. The van der Waals surface area contributed by atoms with Gasteiger partial charge in [-0.25, -0.2) is 9.78 Å². The van der Waals surface area contributed by atoms with Crippen molar-refractivity contribution in [2.45, 2.75) is 32.9 Å². The molecular weight excluding hydrogens is 520 g/mol. The number of anilines is 1. The van der Waals surface area contributed by atoms with Crippen molar-refractivity contribution >= 4 is 29.0 Å². The first-order chi connectivity index (χ1) is 19.6. The molecule has 3 aromatic carbocycles. The fourth-order valence-corrected chi connectivity index (χ4v) is 5.15. The molecule has 0 spiro atoms. The van der Waals surface area contributed by atoms with Crippen LogP contribution in [0.2, 0.25) is 0 Å². The lowest BCUT2D eigenvalue weighted by molar-refractivity contribution is 0.0739. The van der Waals surface area contributed by atoms with E-state index in [4.69, 9.17) is 4.74 Å². The molecule has 0 saturated carbocycles. The van der Waals surface area contributed by atoms with Gasteiger partial charge in [0.15, 0.2) is 0 Å². The van der Waals surface area contributed by atoms with Crippen molar-refractivity contribution in [2.24, 2.45) is 0 Å². The number of rotatable bonds is 13. The summed E-state index contributed by atoms with van der Waals surface area (Å²) < 4.78 is 5.25. The van der Waals surface area contributed by atoms with E-state index in [-0.39, 0.29) is 18.5 Å². The first kappa shape index (κ1) is 29.0. The number of ether oxygens (including phenoxy) is 1. The lowest BCUT2D eigenvalue weighted by Gasteiger charge is -2.23. The molecule has 0 atom stereocenters. The number of para-hydroxylation sites is 1. The third-order valence-corrected chi connectivity index (χ3v) is 7.44. The van der Waals surface area contributed by atoms with Crippen LogP contribution in [0.25, 0.3) is 0 Å². The number of aromatic nitrogens is 1. The molecule has 1 N–H and O–H groups in total. The van der Waals surface area contributed by atoms with Crippen molar-refractivity contribution < 1.29 is 14.3 Å². The fourth-order valence-electron chi connectivity index (χ4n) is 4.37. The molecule has 8 heteroatoms. The van der Waals surface area contributed by atoms with Crippen LogP contribution in [0.3, 0.4) is 0 Å². The third kappa shape index (κ3) is 8.24. The summed E-state index contributed by atoms with van der Waals surface area (Å²) in [6.07, 6.45) is 1.57. The smallest absolute Gasteiger partial charge is 0.322 e. The Labute approximate surface area is 240 Å². The average Bonchev–Trinajstić information content (AvgIpc) is 3.47. The van der Waals surface area contributed by atoms with Crippen LogP contribution in [0.1, 0.15) is 39.1 Å². The third-order valence-electron chi connectivity index (χ3n) is 6.61. The van der Waals surface area contributed by atoms with E-state index in [1.807, 2.05) is 77.7 Å². The second kappa shape index (κ2) is 15.0. The molecule has 40 heavy (non-hydrogen) atoms. The van der Waals surface area contributed by atoms with Gasteiger partial charge in [-0.1, -0.05) is 85.8 Å². The van der Waals surface area contributed by atoms with Crippen molar-refractivity contribution in [1.29, 1.82) is 0 Å². The number of methoxy groups -OCH3 is 1. The summed E-state index contributed by atoms with van der Waals surface area (Å²) in [4.78, 5) is 35.0.